The number of guanidine groups is 1. The molecule has 2 saturated heterocycles. The number of aliphatic imine (C=N–C) groups is 1. The van der Waals surface area contributed by atoms with E-state index in [-0.39, 0.29) is 12.5 Å². The van der Waals surface area contributed by atoms with E-state index in [2.05, 4.69) is 22.5 Å². The van der Waals surface area contributed by atoms with Gasteiger partial charge in [-0.15, -0.1) is 0 Å². The molecule has 29 heavy (non-hydrogen) atoms. The summed E-state index contributed by atoms with van der Waals surface area (Å²) in [7, 11) is 0. The van der Waals surface area contributed by atoms with Crippen molar-refractivity contribution in [2.45, 2.75) is 45.2 Å². The highest BCUT2D eigenvalue weighted by molar-refractivity contribution is 5.80. The fourth-order valence-electron chi connectivity index (χ4n) is 4.06. The number of nitrogens with zero attached hydrogens (tertiary/aromatic N) is 2. The molecule has 1 aliphatic carbocycles. The Kier molecular flexibility index (Phi) is 6.23. The predicted octanol–water partition coefficient (Wildman–Crippen LogP) is 1.92. The molecule has 1 unspecified atom stereocenters. The van der Waals surface area contributed by atoms with Crippen molar-refractivity contribution in [3.63, 3.8) is 0 Å². The second kappa shape index (κ2) is 9.03. The van der Waals surface area contributed by atoms with Crippen molar-refractivity contribution in [1.29, 1.82) is 0 Å². The molecule has 1 aromatic rings. The number of carbonyl (C=O) groups is 1. The normalized spacial score (nSPS) is 24.2. The van der Waals surface area contributed by atoms with Crippen LogP contribution < -0.4 is 15.4 Å². The van der Waals surface area contributed by atoms with Crippen molar-refractivity contribution >= 4 is 11.9 Å². The van der Waals surface area contributed by atoms with Crippen LogP contribution in [0.1, 0.15) is 38.2 Å². The van der Waals surface area contributed by atoms with Crippen LogP contribution >= 0.6 is 0 Å². The van der Waals surface area contributed by atoms with Crippen LogP contribution in [-0.2, 0) is 16.1 Å². The second-order valence-corrected chi connectivity index (χ2v) is 8.42. The largest absolute Gasteiger partial charge is 0.484 e. The molecule has 2 N–H and O–H groups in total. The van der Waals surface area contributed by atoms with Gasteiger partial charge in [-0.25, -0.2) is 4.99 Å². The number of ether oxygens (including phenoxy) is 2. The lowest BCUT2D eigenvalue weighted by Crippen LogP contribution is -2.41. The lowest BCUT2D eigenvalue weighted by Gasteiger charge is -2.25. The van der Waals surface area contributed by atoms with E-state index in [9.17, 15) is 4.79 Å². The van der Waals surface area contributed by atoms with Crippen molar-refractivity contribution in [3.8, 4) is 5.75 Å². The Morgan fingerprint density at radius 1 is 1.38 bits per heavy atom. The molecule has 1 amide bonds. The summed E-state index contributed by atoms with van der Waals surface area (Å²) in [4.78, 5) is 19.0. The lowest BCUT2D eigenvalue weighted by molar-refractivity contribution is -0.123. The molecule has 1 saturated carbocycles. The Balaban J connectivity index is 1.33. The SMILES string of the molecule is CCNC(=NCc1cccc(OCC(=O)NC2CC2)c1)N1CCC2(CCOC2)C1. The van der Waals surface area contributed by atoms with E-state index in [1.807, 2.05) is 24.3 Å². The van der Waals surface area contributed by atoms with Gasteiger partial charge < -0.3 is 25.0 Å². The van der Waals surface area contributed by atoms with E-state index in [1.54, 1.807) is 0 Å². The van der Waals surface area contributed by atoms with Crippen LogP contribution in [-0.4, -0.2) is 62.3 Å². The molecule has 1 spiro atoms. The monoisotopic (exact) mass is 400 g/mol. The number of hydrogen-bond acceptors (Lipinski definition) is 4. The number of benzene rings is 1. The molecule has 3 aliphatic rings. The number of carbonyl (C=O) groups excluding carboxylic acids is 1. The zero-order valence-corrected chi connectivity index (χ0v) is 17.3. The summed E-state index contributed by atoms with van der Waals surface area (Å²) in [5.74, 6) is 1.62. The van der Waals surface area contributed by atoms with Gasteiger partial charge in [0.25, 0.3) is 5.91 Å². The summed E-state index contributed by atoms with van der Waals surface area (Å²) >= 11 is 0. The average molecular weight is 401 g/mol. The highest BCUT2D eigenvalue weighted by Crippen LogP contribution is 2.38. The zero-order valence-electron chi connectivity index (χ0n) is 17.3. The first-order valence-corrected chi connectivity index (χ1v) is 10.8. The smallest absolute Gasteiger partial charge is 0.258 e. The van der Waals surface area contributed by atoms with Gasteiger partial charge in [-0.2, -0.15) is 0 Å². The quantitative estimate of drug-likeness (QED) is 0.540. The fraction of sp³-hybridized carbons (Fsp3) is 0.636. The van der Waals surface area contributed by atoms with Crippen molar-refractivity contribution in [2.24, 2.45) is 10.4 Å². The van der Waals surface area contributed by atoms with Gasteiger partial charge in [0.05, 0.1) is 13.2 Å². The van der Waals surface area contributed by atoms with Gasteiger partial charge in [0.15, 0.2) is 12.6 Å². The second-order valence-electron chi connectivity index (χ2n) is 8.42. The maximum atomic E-state index is 11.8. The van der Waals surface area contributed by atoms with Crippen molar-refractivity contribution < 1.29 is 14.3 Å². The molecule has 0 bridgehead atoms. The molecule has 2 aliphatic heterocycles. The maximum Gasteiger partial charge on any atom is 0.258 e. The van der Waals surface area contributed by atoms with Gasteiger partial charge in [0.2, 0.25) is 0 Å². The maximum absolute atomic E-state index is 11.8. The predicted molar refractivity (Wildman–Crippen MR) is 112 cm³/mol. The standard InChI is InChI=1S/C22H32N4O3/c1-2-23-21(26-10-8-22(15-26)9-11-28-16-22)24-13-17-4-3-5-19(12-17)29-14-20(27)25-18-6-7-18/h3-5,12,18H,2,6-11,13-16H2,1H3,(H,23,24)(H,25,27). The van der Waals surface area contributed by atoms with Crippen LogP contribution in [0.25, 0.3) is 0 Å². The molecule has 3 fully saturated rings. The minimum atomic E-state index is -0.0517. The zero-order chi connectivity index (χ0) is 20.1. The van der Waals surface area contributed by atoms with Gasteiger partial charge in [-0.3, -0.25) is 4.79 Å². The molecule has 4 rings (SSSR count). The summed E-state index contributed by atoms with van der Waals surface area (Å²) in [5, 5.41) is 6.37. The third-order valence-electron chi connectivity index (χ3n) is 5.88. The van der Waals surface area contributed by atoms with Crippen molar-refractivity contribution in [3.05, 3.63) is 29.8 Å². The van der Waals surface area contributed by atoms with Crippen LogP contribution in [0.5, 0.6) is 5.75 Å². The molecular formula is C22H32N4O3. The molecule has 7 heteroatoms. The number of hydrogen-bond donors (Lipinski definition) is 2. The summed E-state index contributed by atoms with van der Waals surface area (Å²) < 4.78 is 11.3. The van der Waals surface area contributed by atoms with Gasteiger partial charge in [-0.1, -0.05) is 12.1 Å². The number of amides is 1. The number of nitrogens with one attached hydrogen (secondary N) is 2. The van der Waals surface area contributed by atoms with Crippen LogP contribution in [0.2, 0.25) is 0 Å². The van der Waals surface area contributed by atoms with Crippen LogP contribution in [0, 0.1) is 5.41 Å². The summed E-state index contributed by atoms with van der Waals surface area (Å²) in [6.45, 7) is 7.37. The van der Waals surface area contributed by atoms with Gasteiger partial charge in [0, 0.05) is 37.7 Å². The molecule has 0 aromatic heterocycles. The highest BCUT2D eigenvalue weighted by Gasteiger charge is 2.42. The number of likely N-dealkylation sites (tertiary alicyclic amines) is 1. The van der Waals surface area contributed by atoms with Crippen LogP contribution in [0.3, 0.4) is 0 Å². The first-order chi connectivity index (χ1) is 14.2. The van der Waals surface area contributed by atoms with E-state index in [0.29, 0.717) is 23.8 Å². The van der Waals surface area contributed by atoms with Crippen molar-refractivity contribution in [1.82, 2.24) is 15.5 Å². The van der Waals surface area contributed by atoms with Crippen LogP contribution in [0.4, 0.5) is 0 Å². The Morgan fingerprint density at radius 3 is 3.03 bits per heavy atom. The van der Waals surface area contributed by atoms with Crippen LogP contribution in [0.15, 0.2) is 29.3 Å². The van der Waals surface area contributed by atoms with E-state index < -0.39 is 0 Å². The Morgan fingerprint density at radius 2 is 2.28 bits per heavy atom. The van der Waals surface area contributed by atoms with E-state index in [4.69, 9.17) is 14.5 Å². The Hall–Kier alpha value is -2.28. The van der Waals surface area contributed by atoms with E-state index in [1.165, 1.54) is 6.42 Å². The first-order valence-electron chi connectivity index (χ1n) is 10.8. The summed E-state index contributed by atoms with van der Waals surface area (Å²) in [6.07, 6.45) is 4.48. The third-order valence-corrected chi connectivity index (χ3v) is 5.88. The molecule has 7 nitrogen and oxygen atoms in total. The highest BCUT2D eigenvalue weighted by atomic mass is 16.5. The van der Waals surface area contributed by atoms with Gasteiger partial charge in [-0.05, 0) is 50.3 Å². The molecule has 158 valence electrons. The molecule has 0 radical (unpaired) electrons. The van der Waals surface area contributed by atoms with Crippen molar-refractivity contribution in [2.75, 3.05) is 39.5 Å². The van der Waals surface area contributed by atoms with Gasteiger partial charge in [0.1, 0.15) is 5.75 Å². The van der Waals surface area contributed by atoms with E-state index >= 15 is 0 Å². The Bertz CT molecular complexity index is 741. The topological polar surface area (TPSA) is 75.2 Å². The van der Waals surface area contributed by atoms with Gasteiger partial charge >= 0.3 is 0 Å². The minimum Gasteiger partial charge on any atom is -0.484 e. The lowest BCUT2D eigenvalue weighted by atomic mass is 9.87. The van der Waals surface area contributed by atoms with E-state index in [0.717, 1.165) is 63.6 Å². The Labute approximate surface area is 172 Å². The number of rotatable bonds is 7. The minimum absolute atomic E-state index is 0.0517. The third kappa shape index (κ3) is 5.41. The fourth-order valence-corrected chi connectivity index (χ4v) is 4.06. The molecule has 1 atom stereocenters. The first kappa shape index (κ1) is 20.0. The summed E-state index contributed by atoms with van der Waals surface area (Å²) in [5.41, 5.74) is 1.38. The summed E-state index contributed by atoms with van der Waals surface area (Å²) in [6, 6.07) is 8.20. The molecule has 2 heterocycles. The average Bonchev–Trinajstić information content (AvgIpc) is 3.26. The molecular weight excluding hydrogens is 368 g/mol. The molecule has 1 aromatic carbocycles.